The molecule has 3 saturated heterocycles. The van der Waals surface area contributed by atoms with Gasteiger partial charge < -0.3 is 9.80 Å². The van der Waals surface area contributed by atoms with Crippen LogP contribution < -0.4 is 10.2 Å². The second-order valence-corrected chi connectivity index (χ2v) is 8.45. The van der Waals surface area contributed by atoms with Crippen molar-refractivity contribution < 1.29 is 14.0 Å². The molecule has 2 aromatic carbocycles. The summed E-state index contributed by atoms with van der Waals surface area (Å²) in [5, 5.41) is 3.53. The van der Waals surface area contributed by atoms with Crippen LogP contribution in [0.15, 0.2) is 48.5 Å². The molecule has 0 aromatic heterocycles. The number of nitrogens with zero attached hydrogens (tertiary/aromatic N) is 4. The van der Waals surface area contributed by atoms with Crippen LogP contribution in [0, 0.1) is 12.7 Å². The minimum Gasteiger partial charge on any atom is -0.343 e. The maximum absolute atomic E-state index is 13.5. The van der Waals surface area contributed by atoms with E-state index in [1.54, 1.807) is 24.1 Å². The van der Waals surface area contributed by atoms with Gasteiger partial charge in [-0.05, 0) is 42.7 Å². The van der Waals surface area contributed by atoms with E-state index in [0.29, 0.717) is 0 Å². The standard InChI is InChI=1S/C23H26FN5O2/c1-15-6-3-4-7-18(15)27-12-5-13-28-19-20(25-22(27)28)26(2)23(31)29(21(19)30)14-16-8-10-17(24)11-9-16/h3-4,6-11,19-20,22,25H,5,12-14H2,1-2H3. The van der Waals surface area contributed by atoms with Gasteiger partial charge in [0.15, 0.2) is 0 Å². The minimum atomic E-state index is -0.458. The summed E-state index contributed by atoms with van der Waals surface area (Å²) in [5.41, 5.74) is 3.03. The van der Waals surface area contributed by atoms with E-state index in [2.05, 4.69) is 34.2 Å². The van der Waals surface area contributed by atoms with Crippen molar-refractivity contribution in [1.29, 1.82) is 0 Å². The smallest absolute Gasteiger partial charge is 0.328 e. The Hall–Kier alpha value is -2.97. The van der Waals surface area contributed by atoms with Crippen LogP contribution in [0.3, 0.4) is 0 Å². The highest BCUT2D eigenvalue weighted by molar-refractivity contribution is 6.00. The van der Waals surface area contributed by atoms with Crippen molar-refractivity contribution in [2.45, 2.75) is 38.4 Å². The predicted octanol–water partition coefficient (Wildman–Crippen LogP) is 2.32. The van der Waals surface area contributed by atoms with E-state index < -0.39 is 6.04 Å². The number of nitrogens with one attached hydrogen (secondary N) is 1. The van der Waals surface area contributed by atoms with Crippen LogP contribution in [0.4, 0.5) is 14.9 Å². The van der Waals surface area contributed by atoms with Gasteiger partial charge in [-0.15, -0.1) is 0 Å². The molecule has 0 aliphatic carbocycles. The lowest BCUT2D eigenvalue weighted by atomic mass is 10.1. The molecule has 0 bridgehead atoms. The Morgan fingerprint density at radius 1 is 1.06 bits per heavy atom. The highest BCUT2D eigenvalue weighted by Gasteiger charge is 2.56. The zero-order chi connectivity index (χ0) is 21.7. The number of aryl methyl sites for hydroxylation is 1. The van der Waals surface area contributed by atoms with Crippen molar-refractivity contribution in [3.63, 3.8) is 0 Å². The predicted molar refractivity (Wildman–Crippen MR) is 114 cm³/mol. The van der Waals surface area contributed by atoms with Gasteiger partial charge in [-0.1, -0.05) is 30.3 Å². The topological polar surface area (TPSA) is 59.1 Å². The third-order valence-corrected chi connectivity index (χ3v) is 6.55. The van der Waals surface area contributed by atoms with E-state index in [9.17, 15) is 14.0 Å². The van der Waals surface area contributed by atoms with Crippen LogP contribution in [0.5, 0.6) is 0 Å². The zero-order valence-corrected chi connectivity index (χ0v) is 17.7. The number of benzene rings is 2. The van der Waals surface area contributed by atoms with E-state index in [-0.39, 0.29) is 36.8 Å². The third kappa shape index (κ3) is 3.26. The zero-order valence-electron chi connectivity index (χ0n) is 17.7. The Balaban J connectivity index is 1.44. The summed E-state index contributed by atoms with van der Waals surface area (Å²) in [4.78, 5) is 33.9. The number of halogens is 1. The van der Waals surface area contributed by atoms with Gasteiger partial charge in [-0.2, -0.15) is 0 Å². The molecule has 3 atom stereocenters. The fraction of sp³-hybridized carbons (Fsp3) is 0.391. The minimum absolute atomic E-state index is 0.130. The SMILES string of the molecule is Cc1ccccc1N1CCCN2C3C(=O)N(Cc4ccc(F)cc4)C(=O)N(C)C3NC12. The normalized spacial score (nSPS) is 26.3. The van der Waals surface area contributed by atoms with Gasteiger partial charge in [0.25, 0.3) is 5.91 Å². The number of rotatable bonds is 3. The van der Waals surface area contributed by atoms with Crippen molar-refractivity contribution in [3.05, 3.63) is 65.5 Å². The largest absolute Gasteiger partial charge is 0.343 e. The molecule has 2 aromatic rings. The monoisotopic (exact) mass is 423 g/mol. The Bertz CT molecular complexity index is 1010. The van der Waals surface area contributed by atoms with Crippen LogP contribution in [-0.2, 0) is 11.3 Å². The summed E-state index contributed by atoms with van der Waals surface area (Å²) in [6, 6.07) is 13.3. The van der Waals surface area contributed by atoms with Crippen LogP contribution in [0.2, 0.25) is 0 Å². The fourth-order valence-electron chi connectivity index (χ4n) is 4.97. The lowest BCUT2D eigenvalue weighted by molar-refractivity contribution is -0.139. The second kappa shape index (κ2) is 7.62. The summed E-state index contributed by atoms with van der Waals surface area (Å²) in [7, 11) is 1.73. The average Bonchev–Trinajstić information content (AvgIpc) is 3.17. The van der Waals surface area contributed by atoms with Gasteiger partial charge in [0, 0.05) is 25.8 Å². The van der Waals surface area contributed by atoms with Gasteiger partial charge >= 0.3 is 6.03 Å². The van der Waals surface area contributed by atoms with E-state index in [1.165, 1.54) is 22.6 Å². The molecule has 8 heteroatoms. The molecule has 1 N–H and O–H groups in total. The van der Waals surface area contributed by atoms with Crippen molar-refractivity contribution in [2.24, 2.45) is 0 Å². The molecule has 5 rings (SSSR count). The number of likely N-dealkylation sites (N-methyl/N-ethyl adjacent to an activating group) is 1. The molecule has 0 spiro atoms. The number of anilines is 1. The number of imide groups is 1. The van der Waals surface area contributed by atoms with Gasteiger partial charge in [-0.3, -0.25) is 19.9 Å². The van der Waals surface area contributed by atoms with Crippen LogP contribution in [0.25, 0.3) is 0 Å². The maximum atomic E-state index is 13.5. The van der Waals surface area contributed by atoms with E-state index in [1.807, 2.05) is 12.1 Å². The van der Waals surface area contributed by atoms with Gasteiger partial charge in [0.2, 0.25) is 0 Å². The lowest BCUT2D eigenvalue weighted by Gasteiger charge is -2.44. The third-order valence-electron chi connectivity index (χ3n) is 6.55. The second-order valence-electron chi connectivity index (χ2n) is 8.45. The molecule has 7 nitrogen and oxygen atoms in total. The van der Waals surface area contributed by atoms with Crippen molar-refractivity contribution in [2.75, 3.05) is 25.0 Å². The Morgan fingerprint density at radius 2 is 1.81 bits per heavy atom. The lowest BCUT2D eigenvalue weighted by Crippen LogP contribution is -2.66. The summed E-state index contributed by atoms with van der Waals surface area (Å²) in [6.45, 7) is 3.87. The first-order valence-corrected chi connectivity index (χ1v) is 10.6. The Kier molecular flexibility index (Phi) is 4.91. The van der Waals surface area contributed by atoms with Crippen LogP contribution >= 0.6 is 0 Å². The number of carbonyl (C=O) groups is 2. The van der Waals surface area contributed by atoms with Crippen LogP contribution in [-0.4, -0.2) is 65.3 Å². The molecule has 3 heterocycles. The highest BCUT2D eigenvalue weighted by Crippen LogP contribution is 2.34. The molecule has 3 unspecified atom stereocenters. The molecule has 31 heavy (non-hydrogen) atoms. The number of amides is 3. The number of fused-ring (bicyclic) bond motifs is 3. The summed E-state index contributed by atoms with van der Waals surface area (Å²) >= 11 is 0. The summed E-state index contributed by atoms with van der Waals surface area (Å²) in [6.07, 6.45) is 0.382. The summed E-state index contributed by atoms with van der Waals surface area (Å²) < 4.78 is 13.3. The Labute approximate surface area is 181 Å². The molecule has 162 valence electrons. The maximum Gasteiger partial charge on any atom is 0.328 e. The molecule has 3 amide bonds. The van der Waals surface area contributed by atoms with Gasteiger partial charge in [0.1, 0.15) is 24.3 Å². The number of urea groups is 1. The molecule has 3 aliphatic rings. The number of para-hydroxylation sites is 1. The highest BCUT2D eigenvalue weighted by atomic mass is 19.1. The first-order valence-electron chi connectivity index (χ1n) is 10.6. The Morgan fingerprint density at radius 3 is 2.55 bits per heavy atom. The van der Waals surface area contributed by atoms with Gasteiger partial charge in [-0.25, -0.2) is 9.18 Å². The van der Waals surface area contributed by atoms with E-state index in [4.69, 9.17) is 0 Å². The van der Waals surface area contributed by atoms with Crippen LogP contribution in [0.1, 0.15) is 17.5 Å². The molecular formula is C23H26FN5O2. The molecule has 0 radical (unpaired) electrons. The number of carbonyl (C=O) groups excluding carboxylic acids is 2. The van der Waals surface area contributed by atoms with Crippen molar-refractivity contribution in [3.8, 4) is 0 Å². The first-order chi connectivity index (χ1) is 15.0. The molecule has 0 saturated carbocycles. The molecule has 3 aliphatic heterocycles. The molecular weight excluding hydrogens is 397 g/mol. The number of hydrogen-bond acceptors (Lipinski definition) is 5. The number of hydrogen-bond donors (Lipinski definition) is 1. The van der Waals surface area contributed by atoms with Crippen molar-refractivity contribution >= 4 is 17.6 Å². The summed E-state index contributed by atoms with van der Waals surface area (Å²) in [5.74, 6) is -0.552. The quantitative estimate of drug-likeness (QED) is 0.821. The average molecular weight is 423 g/mol. The fourth-order valence-corrected chi connectivity index (χ4v) is 4.97. The molecule has 3 fully saturated rings. The van der Waals surface area contributed by atoms with Crippen molar-refractivity contribution in [1.82, 2.24) is 20.0 Å². The first kappa shape index (κ1) is 20.0. The van der Waals surface area contributed by atoms with Gasteiger partial charge in [0.05, 0.1) is 6.54 Å². The van der Waals surface area contributed by atoms with E-state index >= 15 is 0 Å². The van der Waals surface area contributed by atoms with E-state index in [0.717, 1.165) is 30.8 Å².